The van der Waals surface area contributed by atoms with E-state index in [4.69, 9.17) is 14.2 Å². The normalized spacial score (nSPS) is 19.3. The number of ether oxygens (including phenoxy) is 3. The number of amides is 3. The summed E-state index contributed by atoms with van der Waals surface area (Å²) in [5.74, 6) is -2.08. The molecule has 0 radical (unpaired) electrons. The highest BCUT2D eigenvalue weighted by molar-refractivity contribution is 7.17. The van der Waals surface area contributed by atoms with E-state index >= 15 is 0 Å². The summed E-state index contributed by atoms with van der Waals surface area (Å²) in [4.78, 5) is 46.1. The van der Waals surface area contributed by atoms with Crippen LogP contribution in [0.15, 0.2) is 47.7 Å². The fourth-order valence-corrected chi connectivity index (χ4v) is 4.48. The molecule has 3 heterocycles. The largest absolute Gasteiger partial charge is 0.486 e. The summed E-state index contributed by atoms with van der Waals surface area (Å²) < 4.78 is 31.0. The van der Waals surface area contributed by atoms with E-state index < -0.39 is 35.3 Å². The van der Waals surface area contributed by atoms with Crippen molar-refractivity contribution < 1.29 is 33.0 Å². The van der Waals surface area contributed by atoms with Crippen molar-refractivity contribution in [2.75, 3.05) is 23.8 Å². The molecule has 2 aromatic rings. The number of anilines is 2. The maximum Gasteiger partial charge on any atom is 0.413 e. The predicted octanol–water partition coefficient (Wildman–Crippen LogP) is 4.57. The smallest absolute Gasteiger partial charge is 0.413 e. The van der Waals surface area contributed by atoms with Crippen LogP contribution >= 0.6 is 11.3 Å². The average molecular weight is 560 g/mol. The molecule has 0 spiro atoms. The lowest BCUT2D eigenvalue weighted by Crippen LogP contribution is -2.31. The summed E-state index contributed by atoms with van der Waals surface area (Å²) in [5, 5.41) is 8.02. The minimum Gasteiger partial charge on any atom is -0.486 e. The summed E-state index contributed by atoms with van der Waals surface area (Å²) in [7, 11) is 0. The van der Waals surface area contributed by atoms with Crippen LogP contribution in [0.25, 0.3) is 0 Å². The second-order valence-electron chi connectivity index (χ2n) is 10.0. The molecular formula is C26H30FN5O6S. The lowest BCUT2D eigenvalue weighted by molar-refractivity contribution is -0.119. The maximum atomic E-state index is 14.8. The average Bonchev–Trinajstić information content (AvgIpc) is 3.53. The molecule has 0 bridgehead atoms. The first kappa shape index (κ1) is 28.2. The van der Waals surface area contributed by atoms with Gasteiger partial charge in [-0.15, -0.1) is 0 Å². The Morgan fingerprint density at radius 1 is 1.13 bits per heavy atom. The molecule has 1 fully saturated rings. The number of hydrogen-bond acceptors (Lipinski definition) is 9. The Kier molecular flexibility index (Phi) is 8.60. The molecule has 1 saturated heterocycles. The van der Waals surface area contributed by atoms with E-state index in [1.807, 2.05) is 0 Å². The molecule has 1 aliphatic heterocycles. The van der Waals surface area contributed by atoms with Crippen LogP contribution in [0.1, 0.15) is 50.2 Å². The van der Waals surface area contributed by atoms with E-state index in [1.54, 1.807) is 39.8 Å². The van der Waals surface area contributed by atoms with E-state index in [1.165, 1.54) is 18.5 Å². The second-order valence-corrected chi connectivity index (χ2v) is 11.1. The van der Waals surface area contributed by atoms with Crippen molar-refractivity contribution in [3.8, 4) is 5.75 Å². The van der Waals surface area contributed by atoms with Gasteiger partial charge in [0.05, 0.1) is 31.5 Å². The highest BCUT2D eigenvalue weighted by atomic mass is 32.1. The molecule has 4 rings (SSSR count). The Bertz CT molecular complexity index is 1290. The molecule has 1 aliphatic carbocycles. The van der Waals surface area contributed by atoms with Gasteiger partial charge < -0.3 is 24.8 Å². The van der Waals surface area contributed by atoms with E-state index in [2.05, 4.69) is 25.9 Å². The number of nitrogens with zero attached hydrogens (tertiary/aromatic N) is 2. The van der Waals surface area contributed by atoms with E-state index in [0.29, 0.717) is 30.2 Å². The van der Waals surface area contributed by atoms with Crippen LogP contribution in [0, 0.1) is 5.92 Å². The first-order chi connectivity index (χ1) is 18.5. The van der Waals surface area contributed by atoms with Crippen molar-refractivity contribution in [2.24, 2.45) is 5.92 Å². The number of hydrogen-bond donors (Lipinski definition) is 3. The van der Waals surface area contributed by atoms with Gasteiger partial charge in [-0.2, -0.15) is 0 Å². The molecule has 208 valence electrons. The Hall–Kier alpha value is -3.84. The Morgan fingerprint density at radius 3 is 2.59 bits per heavy atom. The Morgan fingerprint density at radius 2 is 1.92 bits per heavy atom. The molecule has 11 nitrogen and oxygen atoms in total. The number of aromatic nitrogens is 2. The van der Waals surface area contributed by atoms with Crippen molar-refractivity contribution in [3.05, 3.63) is 52.6 Å². The van der Waals surface area contributed by atoms with Crippen LogP contribution in [-0.4, -0.2) is 52.8 Å². The third-order valence-corrected chi connectivity index (χ3v) is 6.58. The quantitative estimate of drug-likeness (QED) is 0.448. The lowest BCUT2D eigenvalue weighted by Gasteiger charge is -2.23. The monoisotopic (exact) mass is 559 g/mol. The van der Waals surface area contributed by atoms with Crippen LogP contribution in [0.2, 0.25) is 0 Å². The number of rotatable bonds is 7. The second kappa shape index (κ2) is 11.9. The van der Waals surface area contributed by atoms with Gasteiger partial charge in [0.15, 0.2) is 5.13 Å². The molecular weight excluding hydrogens is 529 g/mol. The van der Waals surface area contributed by atoms with Crippen LogP contribution in [0.5, 0.6) is 5.75 Å². The molecule has 13 heteroatoms. The molecule has 0 saturated carbocycles. The highest BCUT2D eigenvalue weighted by Crippen LogP contribution is 2.31. The van der Waals surface area contributed by atoms with Crippen LogP contribution in [0.3, 0.4) is 0 Å². The van der Waals surface area contributed by atoms with Gasteiger partial charge in [0.25, 0.3) is 5.91 Å². The van der Waals surface area contributed by atoms with Crippen molar-refractivity contribution in [3.63, 3.8) is 0 Å². The first-order valence-electron chi connectivity index (χ1n) is 12.3. The van der Waals surface area contributed by atoms with E-state index in [9.17, 15) is 18.8 Å². The fraction of sp³-hybridized carbons (Fsp3) is 0.423. The molecule has 3 N–H and O–H groups in total. The minimum absolute atomic E-state index is 0.0323. The maximum absolute atomic E-state index is 14.8. The topological polar surface area (TPSA) is 141 Å². The number of allylic oxidation sites excluding steroid dienone is 3. The molecule has 0 aromatic carbocycles. The van der Waals surface area contributed by atoms with Crippen LogP contribution < -0.4 is 20.7 Å². The molecule has 39 heavy (non-hydrogen) atoms. The van der Waals surface area contributed by atoms with E-state index in [0.717, 1.165) is 17.8 Å². The van der Waals surface area contributed by atoms with Crippen molar-refractivity contribution in [1.82, 2.24) is 15.3 Å². The number of carbonyl (C=O) groups excluding carboxylic acids is 3. The summed E-state index contributed by atoms with van der Waals surface area (Å²) in [6, 6.07) is 3.24. The molecule has 2 aliphatic rings. The predicted molar refractivity (Wildman–Crippen MR) is 142 cm³/mol. The van der Waals surface area contributed by atoms with Crippen LogP contribution in [0.4, 0.5) is 20.1 Å². The zero-order valence-corrected chi connectivity index (χ0v) is 22.8. The summed E-state index contributed by atoms with van der Waals surface area (Å²) >= 11 is 0.954. The van der Waals surface area contributed by atoms with Gasteiger partial charge in [0.2, 0.25) is 5.91 Å². The Labute approximate surface area is 228 Å². The van der Waals surface area contributed by atoms with Crippen molar-refractivity contribution in [2.45, 2.75) is 52.2 Å². The molecule has 1 unspecified atom stereocenters. The SMILES string of the molecule is CC1=C(NC(=O)c2cnc(NC(=O)OC(C)(C)C)s2)CC(C(=O)Nc2ccc(O[C@@H]3CCOC3)cn2)C(F)=C1. The summed E-state index contributed by atoms with van der Waals surface area (Å²) in [5.41, 5.74) is 0.195. The minimum atomic E-state index is -1.15. The Balaban J connectivity index is 1.34. The third kappa shape index (κ3) is 7.83. The fourth-order valence-electron chi connectivity index (χ4n) is 3.79. The van der Waals surface area contributed by atoms with Crippen molar-refractivity contribution in [1.29, 1.82) is 0 Å². The standard InChI is InChI=1S/C26H30FN5O6S/c1-14-9-18(27)17(22(33)31-21-6-5-15(11-28-21)37-16-7-8-36-13-16)10-19(14)30-23(34)20-12-29-24(39-20)32-25(35)38-26(2,3)4/h5-6,9,11-12,16-17H,7-8,10,13H2,1-4H3,(H,30,34)(H,28,31,33)(H,29,32,35)/t16-,17?/m1/s1. The number of carbonyl (C=O) groups is 3. The summed E-state index contributed by atoms with van der Waals surface area (Å²) in [6.07, 6.45) is 4.03. The number of pyridine rings is 1. The number of thiazole rings is 1. The van der Waals surface area contributed by atoms with E-state index in [-0.39, 0.29) is 28.4 Å². The molecule has 2 atom stereocenters. The highest BCUT2D eigenvalue weighted by Gasteiger charge is 2.30. The van der Waals surface area contributed by atoms with Gasteiger partial charge >= 0.3 is 6.09 Å². The van der Waals surface area contributed by atoms with Gasteiger partial charge in [-0.3, -0.25) is 14.9 Å². The van der Waals surface area contributed by atoms with Gasteiger partial charge in [-0.25, -0.2) is 19.2 Å². The zero-order valence-electron chi connectivity index (χ0n) is 22.0. The zero-order chi connectivity index (χ0) is 28.2. The number of halogens is 1. The molecule has 3 amide bonds. The third-order valence-electron chi connectivity index (χ3n) is 5.67. The van der Waals surface area contributed by atoms with Crippen molar-refractivity contribution >= 4 is 40.2 Å². The first-order valence-corrected chi connectivity index (χ1v) is 13.1. The van der Waals surface area contributed by atoms with Gasteiger partial charge in [0, 0.05) is 18.5 Å². The lowest BCUT2D eigenvalue weighted by atomic mass is 9.92. The van der Waals surface area contributed by atoms with Gasteiger partial charge in [0.1, 0.15) is 34.0 Å². The van der Waals surface area contributed by atoms with Crippen LogP contribution in [-0.2, 0) is 14.3 Å². The number of nitrogens with one attached hydrogen (secondary N) is 3. The summed E-state index contributed by atoms with van der Waals surface area (Å²) in [6.45, 7) is 8.00. The van der Waals surface area contributed by atoms with Gasteiger partial charge in [-0.05, 0) is 51.5 Å². The molecule has 2 aromatic heterocycles. The van der Waals surface area contributed by atoms with Gasteiger partial charge in [-0.1, -0.05) is 11.3 Å².